The maximum absolute atomic E-state index is 11.0. The van der Waals surface area contributed by atoms with Gasteiger partial charge in [-0.3, -0.25) is 4.79 Å². The van der Waals surface area contributed by atoms with E-state index in [9.17, 15) is 4.79 Å². The molecule has 1 rings (SSSR count). The Bertz CT molecular complexity index is 308. The van der Waals surface area contributed by atoms with Gasteiger partial charge in [0.2, 0.25) is 0 Å². The Balaban J connectivity index is 0.000000791. The molecule has 0 N–H and O–H groups in total. The Morgan fingerprint density at radius 3 is 2.36 bits per heavy atom. The average molecular weight is 259 g/mol. The lowest BCUT2D eigenvalue weighted by Crippen LogP contribution is -1.96. The van der Waals surface area contributed by atoms with Gasteiger partial charge in [0, 0.05) is 4.47 Å². The van der Waals surface area contributed by atoms with Gasteiger partial charge in [-0.05, 0) is 25.1 Å². The third-order valence-corrected chi connectivity index (χ3v) is 2.04. The van der Waals surface area contributed by atoms with Crippen LogP contribution in [-0.2, 0) is 0 Å². The molecule has 0 saturated carbocycles. The quantitative estimate of drug-likeness (QED) is 0.757. The first-order valence-electron chi connectivity index (χ1n) is 4.49. The zero-order chi connectivity index (χ0) is 11.1. The largest absolute Gasteiger partial charge is 0.496 e. The van der Waals surface area contributed by atoms with Crippen LogP contribution in [0.3, 0.4) is 0 Å². The number of hydrogen-bond acceptors (Lipinski definition) is 2. The van der Waals surface area contributed by atoms with E-state index in [-0.39, 0.29) is 5.78 Å². The summed E-state index contributed by atoms with van der Waals surface area (Å²) in [5.41, 5.74) is 0.612. The molecule has 0 radical (unpaired) electrons. The zero-order valence-corrected chi connectivity index (χ0v) is 10.5. The Morgan fingerprint density at radius 2 is 1.93 bits per heavy atom. The van der Waals surface area contributed by atoms with E-state index >= 15 is 0 Å². The number of carbonyl (C=O) groups is 1. The molecule has 0 bridgehead atoms. The maximum atomic E-state index is 11.0. The Kier molecular flexibility index (Phi) is 6.21. The highest BCUT2D eigenvalue weighted by molar-refractivity contribution is 9.10. The molecule has 0 saturated heterocycles. The maximum Gasteiger partial charge on any atom is 0.163 e. The van der Waals surface area contributed by atoms with E-state index in [2.05, 4.69) is 15.9 Å². The van der Waals surface area contributed by atoms with Gasteiger partial charge in [-0.1, -0.05) is 29.8 Å². The Hall–Kier alpha value is -0.830. The third kappa shape index (κ3) is 3.50. The number of halogens is 1. The predicted molar refractivity (Wildman–Crippen MR) is 62.0 cm³/mol. The van der Waals surface area contributed by atoms with E-state index in [0.717, 1.165) is 4.47 Å². The summed E-state index contributed by atoms with van der Waals surface area (Å²) in [7, 11) is 1.55. The molecule has 3 heteroatoms. The average Bonchev–Trinajstić information content (AvgIpc) is 2.20. The van der Waals surface area contributed by atoms with Crippen LogP contribution in [0.5, 0.6) is 5.75 Å². The van der Waals surface area contributed by atoms with Crippen LogP contribution < -0.4 is 4.74 Å². The van der Waals surface area contributed by atoms with Gasteiger partial charge in [-0.15, -0.1) is 0 Å². The second-order valence-electron chi connectivity index (χ2n) is 2.40. The first-order chi connectivity index (χ1) is 6.65. The summed E-state index contributed by atoms with van der Waals surface area (Å²) >= 11 is 3.29. The second-order valence-corrected chi connectivity index (χ2v) is 3.32. The normalized spacial score (nSPS) is 8.64. The molecule has 1 aromatic carbocycles. The molecule has 0 unspecified atom stereocenters. The highest BCUT2D eigenvalue weighted by Gasteiger charge is 2.06. The molecular formula is C11H15BrO2. The summed E-state index contributed by atoms with van der Waals surface area (Å²) in [6, 6.07) is 5.33. The van der Waals surface area contributed by atoms with Crippen molar-refractivity contribution in [3.63, 3.8) is 0 Å². The molecular weight excluding hydrogens is 244 g/mol. The van der Waals surface area contributed by atoms with Gasteiger partial charge in [0.1, 0.15) is 5.75 Å². The topological polar surface area (TPSA) is 26.3 Å². The molecule has 0 amide bonds. The summed E-state index contributed by atoms with van der Waals surface area (Å²) in [4.78, 5) is 11.0. The molecule has 1 aromatic rings. The van der Waals surface area contributed by atoms with E-state index in [4.69, 9.17) is 4.74 Å². The summed E-state index contributed by atoms with van der Waals surface area (Å²) in [5, 5.41) is 0. The minimum absolute atomic E-state index is 0.0133. The highest BCUT2D eigenvalue weighted by Crippen LogP contribution is 2.23. The molecule has 0 atom stereocenters. The lowest BCUT2D eigenvalue weighted by atomic mass is 10.1. The van der Waals surface area contributed by atoms with Crippen LogP contribution in [0.25, 0.3) is 0 Å². The van der Waals surface area contributed by atoms with Crippen LogP contribution in [0.2, 0.25) is 0 Å². The Labute approximate surface area is 93.4 Å². The van der Waals surface area contributed by atoms with Crippen molar-refractivity contribution >= 4 is 21.7 Å². The second kappa shape index (κ2) is 6.60. The van der Waals surface area contributed by atoms with Crippen molar-refractivity contribution in [3.05, 3.63) is 28.2 Å². The first kappa shape index (κ1) is 13.2. The van der Waals surface area contributed by atoms with Crippen LogP contribution in [0, 0.1) is 0 Å². The summed E-state index contributed by atoms with van der Waals surface area (Å²) in [6.07, 6.45) is 0. The van der Waals surface area contributed by atoms with Gasteiger partial charge in [0.25, 0.3) is 0 Å². The SMILES string of the molecule is CC.COc1cc(Br)ccc1C(C)=O. The standard InChI is InChI=1S/C9H9BrO2.C2H6/c1-6(11)8-4-3-7(10)5-9(8)12-2;1-2/h3-5H,1-2H3;1-2H3. The number of rotatable bonds is 2. The molecule has 0 heterocycles. The van der Waals surface area contributed by atoms with Crippen molar-refractivity contribution in [1.82, 2.24) is 0 Å². The van der Waals surface area contributed by atoms with Crippen molar-refractivity contribution in [2.24, 2.45) is 0 Å². The molecule has 14 heavy (non-hydrogen) atoms. The minimum Gasteiger partial charge on any atom is -0.496 e. The van der Waals surface area contributed by atoms with Crippen LogP contribution in [0.1, 0.15) is 31.1 Å². The first-order valence-corrected chi connectivity index (χ1v) is 5.29. The molecule has 0 spiro atoms. The fourth-order valence-electron chi connectivity index (χ4n) is 0.956. The number of ether oxygens (including phenoxy) is 1. The van der Waals surface area contributed by atoms with Crippen LogP contribution in [-0.4, -0.2) is 12.9 Å². The van der Waals surface area contributed by atoms with Crippen molar-refractivity contribution in [2.75, 3.05) is 7.11 Å². The molecule has 0 aliphatic carbocycles. The smallest absolute Gasteiger partial charge is 0.163 e. The molecule has 0 aliphatic rings. The predicted octanol–water partition coefficient (Wildman–Crippen LogP) is 3.69. The van der Waals surface area contributed by atoms with Crippen LogP contribution in [0.4, 0.5) is 0 Å². The highest BCUT2D eigenvalue weighted by atomic mass is 79.9. The van der Waals surface area contributed by atoms with E-state index < -0.39 is 0 Å². The van der Waals surface area contributed by atoms with Crippen molar-refractivity contribution < 1.29 is 9.53 Å². The molecule has 0 aromatic heterocycles. The lowest BCUT2D eigenvalue weighted by Gasteiger charge is -2.04. The summed E-state index contributed by atoms with van der Waals surface area (Å²) in [5.74, 6) is 0.622. The van der Waals surface area contributed by atoms with Gasteiger partial charge >= 0.3 is 0 Å². The number of benzene rings is 1. The van der Waals surface area contributed by atoms with Crippen LogP contribution in [0.15, 0.2) is 22.7 Å². The third-order valence-electron chi connectivity index (χ3n) is 1.54. The number of methoxy groups -OCH3 is 1. The zero-order valence-electron chi connectivity index (χ0n) is 8.93. The van der Waals surface area contributed by atoms with Crippen LogP contribution >= 0.6 is 15.9 Å². The number of carbonyl (C=O) groups excluding carboxylic acids is 1. The van der Waals surface area contributed by atoms with E-state index in [1.807, 2.05) is 19.9 Å². The van der Waals surface area contributed by atoms with Crippen molar-refractivity contribution in [3.8, 4) is 5.75 Å². The fraction of sp³-hybridized carbons (Fsp3) is 0.364. The van der Waals surface area contributed by atoms with Crippen molar-refractivity contribution in [2.45, 2.75) is 20.8 Å². The monoisotopic (exact) mass is 258 g/mol. The van der Waals surface area contributed by atoms with E-state index in [1.165, 1.54) is 6.92 Å². The minimum atomic E-state index is 0.0133. The molecule has 0 fully saturated rings. The Morgan fingerprint density at radius 1 is 1.36 bits per heavy atom. The summed E-state index contributed by atoms with van der Waals surface area (Å²) in [6.45, 7) is 5.52. The van der Waals surface area contributed by atoms with Gasteiger partial charge in [-0.25, -0.2) is 0 Å². The van der Waals surface area contributed by atoms with E-state index in [1.54, 1.807) is 19.2 Å². The number of ketones is 1. The van der Waals surface area contributed by atoms with Gasteiger partial charge in [0.05, 0.1) is 12.7 Å². The molecule has 0 aliphatic heterocycles. The molecule has 78 valence electrons. The number of hydrogen-bond donors (Lipinski definition) is 0. The van der Waals surface area contributed by atoms with Gasteiger partial charge in [0.15, 0.2) is 5.78 Å². The van der Waals surface area contributed by atoms with Crippen molar-refractivity contribution in [1.29, 1.82) is 0 Å². The van der Waals surface area contributed by atoms with Gasteiger partial charge in [-0.2, -0.15) is 0 Å². The number of Topliss-reactive ketones (excluding diaryl/α,β-unsaturated/α-hetero) is 1. The van der Waals surface area contributed by atoms with Gasteiger partial charge < -0.3 is 4.74 Å². The summed E-state index contributed by atoms with van der Waals surface area (Å²) < 4.78 is 5.94. The van der Waals surface area contributed by atoms with E-state index in [0.29, 0.717) is 11.3 Å². The molecule has 2 nitrogen and oxygen atoms in total. The fourth-order valence-corrected chi connectivity index (χ4v) is 1.30. The lowest BCUT2D eigenvalue weighted by molar-refractivity contribution is 0.101.